The van der Waals surface area contributed by atoms with Crippen LogP contribution in [0.25, 0.3) is 16.3 Å². The number of hydrogen-bond donors (Lipinski definition) is 4. The third-order valence-corrected chi connectivity index (χ3v) is 15.1. The summed E-state index contributed by atoms with van der Waals surface area (Å²) in [7, 11) is 0. The van der Waals surface area contributed by atoms with Crippen molar-refractivity contribution in [2.75, 3.05) is 13.2 Å². The second-order valence-electron chi connectivity index (χ2n) is 20.1. The van der Waals surface area contributed by atoms with Crippen molar-refractivity contribution in [1.29, 1.82) is 0 Å². The minimum Gasteiger partial charge on any atom is -0.482 e. The van der Waals surface area contributed by atoms with Crippen molar-refractivity contribution in [2.45, 2.75) is 123 Å². The lowest BCUT2D eigenvalue weighted by Crippen LogP contribution is -2.58. The number of β-amino-alcohol motifs (C(OH)–C–C–N with tert-alkyl or cyclic N) is 1. The number of halogens is 1. The van der Waals surface area contributed by atoms with Crippen molar-refractivity contribution in [3.05, 3.63) is 123 Å². The number of benzene rings is 2. The summed E-state index contributed by atoms with van der Waals surface area (Å²) < 4.78 is 19.4. The molecule has 382 valence electrons. The molecule has 1 saturated heterocycles. The van der Waals surface area contributed by atoms with E-state index in [0.717, 1.165) is 54.9 Å². The number of thiophene rings is 1. The molecule has 2 aromatic carbocycles. The van der Waals surface area contributed by atoms with E-state index in [1.54, 1.807) is 23.5 Å². The van der Waals surface area contributed by atoms with E-state index in [9.17, 15) is 24.3 Å². The number of amides is 4. The van der Waals surface area contributed by atoms with Crippen LogP contribution in [0.5, 0.6) is 11.6 Å². The van der Waals surface area contributed by atoms with Gasteiger partial charge in [0, 0.05) is 64.5 Å². The van der Waals surface area contributed by atoms with E-state index in [1.165, 1.54) is 17.5 Å². The van der Waals surface area contributed by atoms with Crippen LogP contribution >= 0.6 is 22.9 Å². The maximum atomic E-state index is 14.2. The topological polar surface area (TPSA) is 228 Å². The van der Waals surface area contributed by atoms with Gasteiger partial charge in [0.15, 0.2) is 24.6 Å². The van der Waals surface area contributed by atoms with Crippen molar-refractivity contribution >= 4 is 52.3 Å². The highest BCUT2D eigenvalue weighted by molar-refractivity contribution is 7.15. The molecule has 5 atom stereocenters. The summed E-state index contributed by atoms with van der Waals surface area (Å²) in [5, 5.41) is 30.1. The second-order valence-corrected chi connectivity index (χ2v) is 21.7. The van der Waals surface area contributed by atoms with Gasteiger partial charge in [-0.05, 0) is 69.4 Å². The van der Waals surface area contributed by atoms with Gasteiger partial charge in [0.1, 0.15) is 40.8 Å². The molecule has 0 spiro atoms. The fraction of sp³-hybridized carbons (Fsp3) is 0.415. The maximum Gasteiger partial charge on any atom is 0.258 e. The maximum absolute atomic E-state index is 14.2. The third-order valence-electron chi connectivity index (χ3n) is 13.6. The number of pyridine rings is 1. The summed E-state index contributed by atoms with van der Waals surface area (Å²) in [6.07, 6.45) is 3.03. The van der Waals surface area contributed by atoms with Gasteiger partial charge in [0.2, 0.25) is 23.6 Å². The van der Waals surface area contributed by atoms with Crippen LogP contribution in [0.3, 0.4) is 0 Å². The fourth-order valence-corrected chi connectivity index (χ4v) is 10.8. The zero-order chi connectivity index (χ0) is 51.9. The van der Waals surface area contributed by atoms with Gasteiger partial charge in [-0.15, -0.1) is 21.5 Å². The number of aromatic nitrogens is 5. The average molecular weight is 1030 g/mol. The Morgan fingerprint density at radius 3 is 2.32 bits per heavy atom. The average Bonchev–Trinajstić information content (AvgIpc) is 4.11. The summed E-state index contributed by atoms with van der Waals surface area (Å²) in [5.41, 5.74) is 5.49. The predicted molar refractivity (Wildman–Crippen MR) is 274 cm³/mol. The number of likely N-dealkylation sites (tertiary alicyclic amines) is 1. The first kappa shape index (κ1) is 51.0. The highest BCUT2D eigenvalue weighted by atomic mass is 35.5. The Morgan fingerprint density at radius 2 is 1.64 bits per heavy atom. The summed E-state index contributed by atoms with van der Waals surface area (Å²) in [4.78, 5) is 71.1. The number of oxazole rings is 1. The van der Waals surface area contributed by atoms with Crippen LogP contribution in [-0.4, -0.2) is 108 Å². The number of aliphatic imine (C=N–C) groups is 1. The zero-order valence-electron chi connectivity index (χ0n) is 41.9. The number of ether oxygens (including phenoxy) is 2. The van der Waals surface area contributed by atoms with Gasteiger partial charge < -0.3 is 39.8 Å². The molecule has 2 fully saturated rings. The molecule has 73 heavy (non-hydrogen) atoms. The standard InChI is InChI=1S/C53H59ClN10O8S/c1-27-30(4)73-52-45(27)46(33-13-15-35(54)16-14-33)59-40(49-62-61-31(5)64(49)52)22-42(66)58-36-19-39(20-36)72-44-18-17-38(23-55-44)70-25-43(67)60-48(53(6,7)8)51(69)63-24-37(65)21-41(63)50(68)57-28(2)32-9-11-34(12-10-32)47-29(3)56-26-71-47/h9-18,23,26,28,36-37,39-41,48,65H,19-22,24-25H2,1-8H3,(H,57,68)(H,58,66)(H,60,67)/t28-,36?,37+,39?,40-,41-,48+/m0/s1. The van der Waals surface area contributed by atoms with Gasteiger partial charge in [-0.25, -0.2) is 9.97 Å². The van der Waals surface area contributed by atoms with E-state index in [2.05, 4.69) is 50.0 Å². The Kier molecular flexibility index (Phi) is 14.6. The summed E-state index contributed by atoms with van der Waals surface area (Å²) in [6, 6.07) is 15.3. The molecular formula is C53H59ClN10O8S. The van der Waals surface area contributed by atoms with Crippen LogP contribution in [0.4, 0.5) is 0 Å². The third kappa shape index (κ3) is 11.0. The Hall–Kier alpha value is -6.96. The van der Waals surface area contributed by atoms with E-state index in [4.69, 9.17) is 30.5 Å². The number of carbonyl (C=O) groups excluding carboxylic acids is 4. The fourth-order valence-electron chi connectivity index (χ4n) is 9.43. The Balaban J connectivity index is 0.750. The molecule has 1 saturated carbocycles. The van der Waals surface area contributed by atoms with E-state index in [0.29, 0.717) is 41.1 Å². The van der Waals surface area contributed by atoms with Crippen LogP contribution in [0, 0.1) is 33.1 Å². The van der Waals surface area contributed by atoms with Gasteiger partial charge >= 0.3 is 0 Å². The molecule has 2 aliphatic heterocycles. The number of nitrogens with one attached hydrogen (secondary N) is 3. The lowest BCUT2D eigenvalue weighted by molar-refractivity contribution is -0.144. The number of hydrogen-bond acceptors (Lipinski definition) is 14. The Morgan fingerprint density at radius 1 is 0.918 bits per heavy atom. The van der Waals surface area contributed by atoms with E-state index >= 15 is 0 Å². The molecule has 18 nitrogen and oxygen atoms in total. The molecule has 4 amide bonds. The van der Waals surface area contributed by atoms with Crippen molar-refractivity contribution in [3.8, 4) is 28.0 Å². The quantitative estimate of drug-likeness (QED) is 0.0814. The number of aryl methyl sites for hydroxylation is 3. The number of nitrogens with zero attached hydrogens (tertiary/aromatic N) is 7. The first-order chi connectivity index (χ1) is 34.8. The normalized spacial score (nSPS) is 20.1. The van der Waals surface area contributed by atoms with Crippen molar-refractivity contribution < 1.29 is 38.2 Å². The van der Waals surface area contributed by atoms with Crippen molar-refractivity contribution in [3.63, 3.8) is 0 Å². The second kappa shape index (κ2) is 20.9. The van der Waals surface area contributed by atoms with Crippen molar-refractivity contribution in [2.24, 2.45) is 10.4 Å². The molecule has 1 aliphatic carbocycles. The molecule has 6 heterocycles. The molecule has 0 unspecified atom stereocenters. The van der Waals surface area contributed by atoms with Crippen LogP contribution in [0.1, 0.15) is 110 Å². The number of carbonyl (C=O) groups is 4. The number of rotatable bonds is 15. The Bertz CT molecular complexity index is 3050. The highest BCUT2D eigenvalue weighted by Gasteiger charge is 2.45. The summed E-state index contributed by atoms with van der Waals surface area (Å²) in [6.45, 7) is 14.8. The SMILES string of the molecule is Cc1ncoc1-c1ccc([C@H](C)NC(=O)[C@@H]2C[C@@H](O)CN2C(=O)[C@@H](NC(=O)COc2ccc(OC3CC(NC(=O)C[C@@H]4N=C(c5ccc(Cl)cc5)c5c(sc(C)c5C)-n5c(C)nnc54)C3)nc2)C(C)(C)C)cc1. The number of aliphatic hydroxyl groups excluding tert-OH is 1. The monoisotopic (exact) mass is 1030 g/mol. The summed E-state index contributed by atoms with van der Waals surface area (Å²) >= 11 is 7.92. The van der Waals surface area contributed by atoms with Gasteiger partial charge in [-0.2, -0.15) is 0 Å². The lowest BCUT2D eigenvalue weighted by atomic mass is 9.85. The van der Waals surface area contributed by atoms with E-state index in [1.807, 2.05) is 94.6 Å². The predicted octanol–water partition coefficient (Wildman–Crippen LogP) is 7.02. The number of aliphatic hydroxyl groups is 1. The van der Waals surface area contributed by atoms with Gasteiger partial charge in [-0.3, -0.25) is 28.7 Å². The smallest absolute Gasteiger partial charge is 0.258 e. The van der Waals surface area contributed by atoms with Crippen LogP contribution in [0.15, 0.2) is 82.7 Å². The molecule has 20 heteroatoms. The molecule has 0 bridgehead atoms. The largest absolute Gasteiger partial charge is 0.482 e. The van der Waals surface area contributed by atoms with E-state index < -0.39 is 60.0 Å². The van der Waals surface area contributed by atoms with Crippen LogP contribution in [-0.2, 0) is 19.2 Å². The zero-order valence-corrected chi connectivity index (χ0v) is 43.5. The highest BCUT2D eigenvalue weighted by Crippen LogP contribution is 2.40. The van der Waals surface area contributed by atoms with Gasteiger partial charge in [0.05, 0.1) is 36.2 Å². The molecule has 0 radical (unpaired) electrons. The molecule has 6 aromatic rings. The molecule has 9 rings (SSSR count). The first-order valence-electron chi connectivity index (χ1n) is 24.3. The molecule has 4 aromatic heterocycles. The molecule has 4 N–H and O–H groups in total. The van der Waals surface area contributed by atoms with Crippen molar-refractivity contribution in [1.82, 2.24) is 45.6 Å². The van der Waals surface area contributed by atoms with Crippen LogP contribution < -0.4 is 25.4 Å². The minimum absolute atomic E-state index is 0.0551. The van der Waals surface area contributed by atoms with Gasteiger partial charge in [0.25, 0.3) is 5.91 Å². The Labute approximate surface area is 432 Å². The molecule has 3 aliphatic rings. The van der Waals surface area contributed by atoms with Crippen LogP contribution in [0.2, 0.25) is 5.02 Å². The minimum atomic E-state index is -1.04. The lowest BCUT2D eigenvalue weighted by Gasteiger charge is -2.35. The van der Waals surface area contributed by atoms with E-state index in [-0.39, 0.29) is 37.4 Å². The molecular weight excluding hydrogens is 972 g/mol. The van der Waals surface area contributed by atoms with Gasteiger partial charge in [-0.1, -0.05) is 68.8 Å². The summed E-state index contributed by atoms with van der Waals surface area (Å²) in [5.74, 6) is 1.05. The first-order valence-corrected chi connectivity index (χ1v) is 25.5. The number of fused-ring (bicyclic) bond motifs is 3.